The Hall–Kier alpha value is -1.47. The molecule has 0 aromatic carbocycles. The summed E-state index contributed by atoms with van der Waals surface area (Å²) in [5.41, 5.74) is 0.672. The maximum atomic E-state index is 10.5. The number of nitro groups is 1. The molecule has 0 bridgehead atoms. The summed E-state index contributed by atoms with van der Waals surface area (Å²) in [6.07, 6.45) is 2.84. The fraction of sp³-hybridized carbons (Fsp3) is 0.700. The lowest BCUT2D eigenvalue weighted by molar-refractivity contribution is -0.389. The molecule has 1 fully saturated rings. The van der Waals surface area contributed by atoms with E-state index in [-0.39, 0.29) is 18.7 Å². The van der Waals surface area contributed by atoms with Gasteiger partial charge in [-0.15, -0.1) is 0 Å². The molecule has 0 amide bonds. The summed E-state index contributed by atoms with van der Waals surface area (Å²) in [7, 11) is 1.66. The van der Waals surface area contributed by atoms with E-state index in [0.29, 0.717) is 5.69 Å². The smallest absolute Gasteiger partial charge is 0.358 e. The van der Waals surface area contributed by atoms with Crippen LogP contribution in [0.4, 0.5) is 5.82 Å². The minimum Gasteiger partial charge on any atom is -0.358 e. The van der Waals surface area contributed by atoms with Crippen LogP contribution < -0.4 is 0 Å². The first-order valence-electron chi connectivity index (χ1n) is 5.57. The Morgan fingerprint density at radius 1 is 1.71 bits per heavy atom. The molecule has 0 radical (unpaired) electrons. The van der Waals surface area contributed by atoms with Crippen molar-refractivity contribution in [2.45, 2.75) is 32.2 Å². The average Bonchev–Trinajstić information content (AvgIpc) is 2.70. The topological polar surface area (TPSA) is 79.4 Å². The Balaban J connectivity index is 1.91. The molecule has 1 atom stereocenters. The van der Waals surface area contributed by atoms with E-state index in [2.05, 4.69) is 5.10 Å². The predicted molar refractivity (Wildman–Crippen MR) is 58.2 cm³/mol. The van der Waals surface area contributed by atoms with Crippen LogP contribution in [0.2, 0.25) is 0 Å². The van der Waals surface area contributed by atoms with Gasteiger partial charge in [0.1, 0.15) is 0 Å². The third-order valence-electron chi connectivity index (χ3n) is 2.71. The molecule has 1 aromatic rings. The minimum absolute atomic E-state index is 0.157. The molecule has 2 heterocycles. The molecule has 2 rings (SSSR count). The summed E-state index contributed by atoms with van der Waals surface area (Å²) in [5.74, 6) is -0.157. The van der Waals surface area contributed by atoms with Crippen LogP contribution in [0, 0.1) is 10.1 Å². The SMILES string of the molecule is Cn1nc([N+](=O)[O-])cc1CO[C@@H]1CCCCO1. The van der Waals surface area contributed by atoms with E-state index in [9.17, 15) is 10.1 Å². The van der Waals surface area contributed by atoms with Gasteiger partial charge in [0, 0.05) is 6.61 Å². The molecule has 0 spiro atoms. The highest BCUT2D eigenvalue weighted by molar-refractivity contribution is 5.21. The molecule has 0 N–H and O–H groups in total. The Bertz CT molecular complexity index is 398. The van der Waals surface area contributed by atoms with Crippen LogP contribution in [0.1, 0.15) is 25.0 Å². The molecule has 1 aliphatic heterocycles. The molecule has 94 valence electrons. The summed E-state index contributed by atoms with van der Waals surface area (Å²) in [4.78, 5) is 10.0. The monoisotopic (exact) mass is 241 g/mol. The Morgan fingerprint density at radius 3 is 3.12 bits per heavy atom. The van der Waals surface area contributed by atoms with Crippen LogP contribution in [0.15, 0.2) is 6.07 Å². The van der Waals surface area contributed by atoms with Gasteiger partial charge in [0.05, 0.1) is 30.5 Å². The lowest BCUT2D eigenvalue weighted by Crippen LogP contribution is -2.22. The van der Waals surface area contributed by atoms with Gasteiger partial charge in [-0.05, 0) is 24.2 Å². The second kappa shape index (κ2) is 5.24. The van der Waals surface area contributed by atoms with Crippen molar-refractivity contribution in [3.63, 3.8) is 0 Å². The second-order valence-electron chi connectivity index (χ2n) is 3.98. The number of nitrogens with zero attached hydrogens (tertiary/aromatic N) is 3. The van der Waals surface area contributed by atoms with Crippen LogP contribution >= 0.6 is 0 Å². The lowest BCUT2D eigenvalue weighted by atomic mass is 10.2. The van der Waals surface area contributed by atoms with Crippen molar-refractivity contribution in [3.05, 3.63) is 21.9 Å². The fourth-order valence-electron chi connectivity index (χ4n) is 1.73. The summed E-state index contributed by atoms with van der Waals surface area (Å²) in [5, 5.41) is 14.3. The number of hydrogen-bond acceptors (Lipinski definition) is 5. The molecule has 1 aliphatic rings. The van der Waals surface area contributed by atoms with Gasteiger partial charge in [0.25, 0.3) is 0 Å². The number of aromatic nitrogens is 2. The molecule has 0 saturated carbocycles. The van der Waals surface area contributed by atoms with Crippen LogP contribution in [0.3, 0.4) is 0 Å². The highest BCUT2D eigenvalue weighted by Gasteiger charge is 2.18. The first-order valence-corrected chi connectivity index (χ1v) is 5.57. The minimum atomic E-state index is -0.513. The van der Waals surface area contributed by atoms with Gasteiger partial charge in [0.15, 0.2) is 6.29 Å². The molecule has 0 unspecified atom stereocenters. The zero-order valence-electron chi connectivity index (χ0n) is 9.66. The standard InChI is InChI=1S/C10H15N3O4/c1-12-8(6-9(11-12)13(14)15)7-17-10-4-2-3-5-16-10/h6,10H,2-5,7H2,1H3/t10-/m1/s1. The summed E-state index contributed by atoms with van der Waals surface area (Å²) >= 11 is 0. The second-order valence-corrected chi connectivity index (χ2v) is 3.98. The number of aryl methyl sites for hydroxylation is 1. The van der Waals surface area contributed by atoms with E-state index in [1.54, 1.807) is 7.05 Å². The number of ether oxygens (including phenoxy) is 2. The van der Waals surface area contributed by atoms with E-state index in [1.165, 1.54) is 10.7 Å². The zero-order chi connectivity index (χ0) is 12.3. The van der Waals surface area contributed by atoms with Crippen LogP contribution in [-0.2, 0) is 23.1 Å². The van der Waals surface area contributed by atoms with E-state index in [0.717, 1.165) is 25.9 Å². The molecule has 1 aromatic heterocycles. The van der Waals surface area contributed by atoms with Crippen molar-refractivity contribution in [2.75, 3.05) is 6.61 Å². The average molecular weight is 241 g/mol. The van der Waals surface area contributed by atoms with Gasteiger partial charge in [0.2, 0.25) is 0 Å². The maximum Gasteiger partial charge on any atom is 0.390 e. The third kappa shape index (κ3) is 3.01. The molecule has 7 heteroatoms. The molecular weight excluding hydrogens is 226 g/mol. The lowest BCUT2D eigenvalue weighted by Gasteiger charge is -2.22. The van der Waals surface area contributed by atoms with Crippen LogP contribution in [0.5, 0.6) is 0 Å². The largest absolute Gasteiger partial charge is 0.390 e. The summed E-state index contributed by atoms with van der Waals surface area (Å²) < 4.78 is 12.4. The zero-order valence-corrected chi connectivity index (χ0v) is 9.66. The number of rotatable bonds is 4. The Kier molecular flexibility index (Phi) is 3.70. The molecular formula is C10H15N3O4. The highest BCUT2D eigenvalue weighted by Crippen LogP contribution is 2.17. The van der Waals surface area contributed by atoms with Crippen LogP contribution in [-0.4, -0.2) is 27.6 Å². The summed E-state index contributed by atoms with van der Waals surface area (Å²) in [6, 6.07) is 1.42. The maximum absolute atomic E-state index is 10.5. The van der Waals surface area contributed by atoms with Gasteiger partial charge in [-0.1, -0.05) is 0 Å². The van der Waals surface area contributed by atoms with Crippen molar-refractivity contribution in [3.8, 4) is 0 Å². The van der Waals surface area contributed by atoms with Crippen LogP contribution in [0.25, 0.3) is 0 Å². The fourth-order valence-corrected chi connectivity index (χ4v) is 1.73. The predicted octanol–water partition coefficient (Wildman–Crippen LogP) is 1.37. The van der Waals surface area contributed by atoms with E-state index >= 15 is 0 Å². The normalized spacial score (nSPS) is 20.4. The third-order valence-corrected chi connectivity index (χ3v) is 2.71. The van der Waals surface area contributed by atoms with Crippen molar-refractivity contribution in [1.82, 2.24) is 9.78 Å². The van der Waals surface area contributed by atoms with Gasteiger partial charge in [-0.25, -0.2) is 0 Å². The van der Waals surface area contributed by atoms with Gasteiger partial charge in [-0.3, -0.25) is 0 Å². The van der Waals surface area contributed by atoms with E-state index < -0.39 is 4.92 Å². The summed E-state index contributed by atoms with van der Waals surface area (Å²) in [6.45, 7) is 0.998. The van der Waals surface area contributed by atoms with Crippen molar-refractivity contribution >= 4 is 5.82 Å². The van der Waals surface area contributed by atoms with Gasteiger partial charge in [-0.2, -0.15) is 4.68 Å². The first-order chi connectivity index (χ1) is 8.16. The van der Waals surface area contributed by atoms with E-state index in [1.807, 2.05) is 0 Å². The van der Waals surface area contributed by atoms with Gasteiger partial charge < -0.3 is 19.6 Å². The first kappa shape index (κ1) is 12.0. The molecule has 17 heavy (non-hydrogen) atoms. The van der Waals surface area contributed by atoms with Crippen molar-refractivity contribution < 1.29 is 14.4 Å². The highest BCUT2D eigenvalue weighted by atomic mass is 16.7. The van der Waals surface area contributed by atoms with Crippen molar-refractivity contribution in [2.24, 2.45) is 7.05 Å². The molecule has 7 nitrogen and oxygen atoms in total. The molecule has 0 aliphatic carbocycles. The Labute approximate surface area is 98.5 Å². The Morgan fingerprint density at radius 2 is 2.53 bits per heavy atom. The quantitative estimate of drug-likeness (QED) is 0.587. The van der Waals surface area contributed by atoms with Gasteiger partial charge >= 0.3 is 5.82 Å². The van der Waals surface area contributed by atoms with E-state index in [4.69, 9.17) is 9.47 Å². The molecule has 1 saturated heterocycles. The number of hydrogen-bond donors (Lipinski definition) is 0. The van der Waals surface area contributed by atoms with Crippen molar-refractivity contribution in [1.29, 1.82) is 0 Å².